The van der Waals surface area contributed by atoms with E-state index in [0.29, 0.717) is 54.3 Å². The summed E-state index contributed by atoms with van der Waals surface area (Å²) in [5.74, 6) is -1.51. The maximum atomic E-state index is 15.2. The number of para-hydroxylation sites is 1. The van der Waals surface area contributed by atoms with Gasteiger partial charge in [0.15, 0.2) is 11.6 Å². The van der Waals surface area contributed by atoms with Gasteiger partial charge in [-0.1, -0.05) is 12.1 Å². The van der Waals surface area contributed by atoms with E-state index in [4.69, 9.17) is 0 Å². The number of aromatic nitrogens is 3. The lowest BCUT2D eigenvalue weighted by atomic mass is 10.1. The minimum Gasteiger partial charge on any atom is -0.367 e. The molecule has 13 heteroatoms. The average molecular weight is 555 g/mol. The Balaban J connectivity index is 1.33. The second kappa shape index (κ2) is 9.65. The first-order chi connectivity index (χ1) is 18.7. The Kier molecular flexibility index (Phi) is 6.26. The van der Waals surface area contributed by atoms with Gasteiger partial charge in [-0.05, 0) is 43.3 Å². The highest BCUT2D eigenvalue weighted by Crippen LogP contribution is 2.39. The molecule has 0 aliphatic carbocycles. The van der Waals surface area contributed by atoms with Crippen molar-refractivity contribution in [3.05, 3.63) is 59.8 Å². The molecule has 10 nitrogen and oxygen atoms in total. The van der Waals surface area contributed by atoms with Crippen LogP contribution in [0.15, 0.2) is 42.6 Å². The van der Waals surface area contributed by atoms with Crippen LogP contribution >= 0.6 is 0 Å². The fourth-order valence-electron chi connectivity index (χ4n) is 5.12. The molecule has 4 aromatic rings. The fourth-order valence-corrected chi connectivity index (χ4v) is 6.09. The highest BCUT2D eigenvalue weighted by Gasteiger charge is 2.29. The third kappa shape index (κ3) is 4.72. The van der Waals surface area contributed by atoms with Crippen molar-refractivity contribution >= 4 is 55.6 Å². The van der Waals surface area contributed by atoms with Gasteiger partial charge in [-0.3, -0.25) is 4.31 Å². The van der Waals surface area contributed by atoms with Gasteiger partial charge in [0.25, 0.3) is 0 Å². The SMILES string of the molecule is CN1CCN(c2ccc(Nc3nc(Nc4cccc5c4N(S(C)(=O)=O)CC5)c4cc[nH]c4n3)c(F)c2F)CC1. The van der Waals surface area contributed by atoms with E-state index in [9.17, 15) is 8.42 Å². The number of hydrogen-bond acceptors (Lipinski definition) is 8. The van der Waals surface area contributed by atoms with Crippen LogP contribution in [0.3, 0.4) is 0 Å². The maximum absolute atomic E-state index is 15.2. The standard InChI is InChI=1S/C26H28F2N8O2S/c1-34-12-14-35(15-13-34)20-7-6-18(21(27)22(20)28)31-26-32-24-17(8-10-29-24)25(33-26)30-19-5-3-4-16-9-11-36(23(16)19)39(2,37)38/h3-8,10H,9,11-15H2,1-2H3,(H3,29,30,31,32,33). The highest BCUT2D eigenvalue weighted by atomic mass is 32.2. The summed E-state index contributed by atoms with van der Waals surface area (Å²) in [4.78, 5) is 16.0. The lowest BCUT2D eigenvalue weighted by Gasteiger charge is -2.34. The Morgan fingerprint density at radius 1 is 0.923 bits per heavy atom. The predicted octanol–water partition coefficient (Wildman–Crippen LogP) is 3.80. The minimum absolute atomic E-state index is 0.0469. The lowest BCUT2D eigenvalue weighted by Crippen LogP contribution is -2.44. The summed E-state index contributed by atoms with van der Waals surface area (Å²) >= 11 is 0. The molecule has 3 N–H and O–H groups in total. The van der Waals surface area contributed by atoms with Crippen LogP contribution in [0.2, 0.25) is 0 Å². The van der Waals surface area contributed by atoms with Crippen LogP contribution in [0.5, 0.6) is 0 Å². The highest BCUT2D eigenvalue weighted by molar-refractivity contribution is 7.92. The Hall–Kier alpha value is -3.97. The molecule has 1 fully saturated rings. The van der Waals surface area contributed by atoms with E-state index in [1.165, 1.54) is 16.6 Å². The van der Waals surface area contributed by atoms with E-state index in [0.717, 1.165) is 18.7 Å². The molecule has 0 radical (unpaired) electrons. The zero-order valence-electron chi connectivity index (χ0n) is 21.5. The number of aromatic amines is 1. The molecule has 0 bridgehead atoms. The predicted molar refractivity (Wildman–Crippen MR) is 149 cm³/mol. The molecule has 0 atom stereocenters. The topological polar surface area (TPSA) is 109 Å². The van der Waals surface area contributed by atoms with Gasteiger partial charge in [-0.2, -0.15) is 9.97 Å². The first-order valence-electron chi connectivity index (χ1n) is 12.6. The van der Waals surface area contributed by atoms with E-state index >= 15 is 8.78 Å². The fraction of sp³-hybridized carbons (Fsp3) is 0.308. The van der Waals surface area contributed by atoms with Crippen molar-refractivity contribution in [2.45, 2.75) is 6.42 Å². The average Bonchev–Trinajstić information content (AvgIpc) is 3.56. The molecular weight excluding hydrogens is 526 g/mol. The van der Waals surface area contributed by atoms with Crippen molar-refractivity contribution in [2.75, 3.05) is 65.9 Å². The van der Waals surface area contributed by atoms with Crippen molar-refractivity contribution in [3.63, 3.8) is 0 Å². The number of nitrogens with zero attached hydrogens (tertiary/aromatic N) is 5. The van der Waals surface area contributed by atoms with E-state index in [2.05, 4.69) is 30.5 Å². The summed E-state index contributed by atoms with van der Waals surface area (Å²) in [5.41, 5.74) is 2.65. The Morgan fingerprint density at radius 2 is 1.72 bits per heavy atom. The smallest absolute Gasteiger partial charge is 0.232 e. The number of rotatable bonds is 6. The number of anilines is 6. The van der Waals surface area contributed by atoms with Crippen LogP contribution < -0.4 is 19.8 Å². The Bertz CT molecular complexity index is 1670. The summed E-state index contributed by atoms with van der Waals surface area (Å²) < 4.78 is 56.5. The quantitative estimate of drug-likeness (QED) is 0.330. The third-order valence-corrected chi connectivity index (χ3v) is 8.34. The first-order valence-corrected chi connectivity index (χ1v) is 14.4. The number of nitrogens with one attached hydrogen (secondary N) is 3. The molecule has 0 amide bonds. The number of fused-ring (bicyclic) bond motifs is 2. The molecule has 1 saturated heterocycles. The van der Waals surface area contributed by atoms with E-state index < -0.39 is 21.7 Å². The number of sulfonamides is 1. The Morgan fingerprint density at radius 3 is 2.49 bits per heavy atom. The van der Waals surface area contributed by atoms with E-state index in [-0.39, 0.29) is 17.3 Å². The molecule has 0 unspecified atom stereocenters. The van der Waals surface area contributed by atoms with Crippen molar-refractivity contribution < 1.29 is 17.2 Å². The van der Waals surface area contributed by atoms with Gasteiger partial charge < -0.3 is 25.4 Å². The number of hydrogen-bond donors (Lipinski definition) is 3. The second-order valence-electron chi connectivity index (χ2n) is 9.83. The molecule has 6 rings (SSSR count). The largest absolute Gasteiger partial charge is 0.367 e. The molecule has 0 saturated carbocycles. The van der Waals surface area contributed by atoms with Crippen LogP contribution in [0.4, 0.5) is 43.3 Å². The van der Waals surface area contributed by atoms with Crippen molar-refractivity contribution in [2.24, 2.45) is 0 Å². The summed E-state index contributed by atoms with van der Waals surface area (Å²) in [6.07, 6.45) is 3.47. The van der Waals surface area contributed by atoms with Gasteiger partial charge in [-0.25, -0.2) is 17.2 Å². The third-order valence-electron chi connectivity index (χ3n) is 7.17. The maximum Gasteiger partial charge on any atom is 0.232 e. The van der Waals surface area contributed by atoms with Gasteiger partial charge in [0.2, 0.25) is 16.0 Å². The first kappa shape index (κ1) is 25.3. The van der Waals surface area contributed by atoms with Gasteiger partial charge in [-0.15, -0.1) is 0 Å². The van der Waals surface area contributed by atoms with Crippen LogP contribution in [-0.2, 0) is 16.4 Å². The normalized spacial score (nSPS) is 16.1. The van der Waals surface area contributed by atoms with E-state index in [1.807, 2.05) is 24.1 Å². The number of H-pyrrole nitrogens is 1. The second-order valence-corrected chi connectivity index (χ2v) is 11.7. The molecule has 39 heavy (non-hydrogen) atoms. The van der Waals surface area contributed by atoms with Gasteiger partial charge in [0, 0.05) is 38.9 Å². The molecular formula is C26H28F2N8O2S. The van der Waals surface area contributed by atoms with Crippen LogP contribution in [0.25, 0.3) is 11.0 Å². The zero-order valence-corrected chi connectivity index (χ0v) is 22.3. The molecule has 0 spiro atoms. The van der Waals surface area contributed by atoms with Crippen LogP contribution in [0.1, 0.15) is 5.56 Å². The summed E-state index contributed by atoms with van der Waals surface area (Å²) in [6, 6.07) is 10.3. The van der Waals surface area contributed by atoms with Crippen molar-refractivity contribution in [1.29, 1.82) is 0 Å². The summed E-state index contributed by atoms with van der Waals surface area (Å²) in [5, 5.41) is 6.71. The summed E-state index contributed by atoms with van der Waals surface area (Å²) in [7, 11) is -1.48. The molecule has 204 valence electrons. The van der Waals surface area contributed by atoms with Crippen LogP contribution in [-0.4, -0.2) is 74.3 Å². The van der Waals surface area contributed by atoms with E-state index in [1.54, 1.807) is 24.4 Å². The lowest BCUT2D eigenvalue weighted by molar-refractivity contribution is 0.311. The molecule has 4 heterocycles. The van der Waals surface area contributed by atoms with Crippen molar-refractivity contribution in [1.82, 2.24) is 19.9 Å². The molecule has 2 aliphatic rings. The number of likely N-dealkylation sites (N-methyl/N-ethyl adjacent to an activating group) is 1. The number of piperazine rings is 1. The monoisotopic (exact) mass is 554 g/mol. The minimum atomic E-state index is -3.48. The van der Waals surface area contributed by atoms with Crippen molar-refractivity contribution in [3.8, 4) is 0 Å². The molecule has 2 aromatic carbocycles. The van der Waals surface area contributed by atoms with Gasteiger partial charge in [0.05, 0.1) is 34.4 Å². The number of halogens is 2. The van der Waals surface area contributed by atoms with Gasteiger partial charge >= 0.3 is 0 Å². The van der Waals surface area contributed by atoms with Crippen LogP contribution in [0, 0.1) is 11.6 Å². The Labute approximate surface area is 224 Å². The molecule has 2 aromatic heterocycles. The summed E-state index contributed by atoms with van der Waals surface area (Å²) in [6.45, 7) is 3.13. The molecule has 2 aliphatic heterocycles. The number of benzene rings is 2. The zero-order chi connectivity index (χ0) is 27.3. The van der Waals surface area contributed by atoms with Gasteiger partial charge in [0.1, 0.15) is 11.5 Å².